The largest absolute Gasteiger partial charge is 0.612 e. The fourth-order valence-corrected chi connectivity index (χ4v) is 3.58. The van der Waals surface area contributed by atoms with E-state index in [1.807, 2.05) is 6.07 Å². The van der Waals surface area contributed by atoms with Crippen molar-refractivity contribution in [1.29, 1.82) is 0 Å². The van der Waals surface area contributed by atoms with Crippen molar-refractivity contribution >= 4 is 29.3 Å². The number of hydrogen-bond acceptors (Lipinski definition) is 5. The third-order valence-electron chi connectivity index (χ3n) is 4.56. The Labute approximate surface area is 177 Å². The highest BCUT2D eigenvalue weighted by atomic mass is 35.5. The Hall–Kier alpha value is -1.44. The number of anilines is 1. The average Bonchev–Trinajstić information content (AvgIpc) is 2.67. The summed E-state index contributed by atoms with van der Waals surface area (Å²) >= 11 is -1.28. The van der Waals surface area contributed by atoms with Gasteiger partial charge in [0.25, 0.3) is 0 Å². The number of para-hydroxylation sites is 1. The summed E-state index contributed by atoms with van der Waals surface area (Å²) in [6, 6.07) is 15.1. The highest BCUT2D eigenvalue weighted by Crippen LogP contribution is 2.26. The molecule has 2 rings (SSSR count). The van der Waals surface area contributed by atoms with Crippen LogP contribution in [0, 0.1) is 0 Å². The molecule has 0 bridgehead atoms. The van der Waals surface area contributed by atoms with E-state index < -0.39 is 17.3 Å². The molecule has 0 amide bonds. The molecule has 2 aromatic rings. The highest BCUT2D eigenvalue weighted by Gasteiger charge is 2.15. The van der Waals surface area contributed by atoms with Crippen LogP contribution in [0.25, 0.3) is 0 Å². The topological polar surface area (TPSA) is 78.8 Å². The van der Waals surface area contributed by atoms with E-state index in [2.05, 4.69) is 41.5 Å². The van der Waals surface area contributed by atoms with Gasteiger partial charge in [0.1, 0.15) is 6.26 Å². The molecule has 0 saturated heterocycles. The molecule has 2 atom stereocenters. The van der Waals surface area contributed by atoms with E-state index in [9.17, 15) is 14.8 Å². The standard InChI is InChI=1S/C21H30N2O3S.ClH/c1-23(18-9-5-3-6-10-18)14-8-4-7-13-22-16-20(25)17-11-12-19(24)21(15-17)27(2)26;/h3,5-6,9-12,15,20,22,24-25H,4,7-8,13-14,16H2,1-2H3;1H. The number of hydrogen-bond donors (Lipinski definition) is 3. The lowest BCUT2D eigenvalue weighted by molar-refractivity contribution is 0.174. The maximum absolute atomic E-state index is 11.6. The number of benzene rings is 2. The number of halogens is 1. The van der Waals surface area contributed by atoms with Gasteiger partial charge in [0.2, 0.25) is 0 Å². The molecule has 0 aliphatic rings. The second kappa shape index (κ2) is 12.9. The molecule has 0 heterocycles. The van der Waals surface area contributed by atoms with E-state index in [0.717, 1.165) is 32.4 Å². The van der Waals surface area contributed by atoms with Crippen LogP contribution in [0.4, 0.5) is 5.69 Å². The van der Waals surface area contributed by atoms with Crippen LogP contribution in [0.2, 0.25) is 0 Å². The van der Waals surface area contributed by atoms with E-state index in [1.54, 1.807) is 12.1 Å². The smallest absolute Gasteiger partial charge is 0.194 e. The van der Waals surface area contributed by atoms with Gasteiger partial charge < -0.3 is 25.0 Å². The molecule has 0 fully saturated rings. The van der Waals surface area contributed by atoms with Crippen molar-refractivity contribution in [2.24, 2.45) is 0 Å². The van der Waals surface area contributed by atoms with Crippen LogP contribution in [-0.4, -0.2) is 47.7 Å². The molecule has 7 heteroatoms. The third kappa shape index (κ3) is 7.89. The number of aliphatic hydroxyl groups excluding tert-OH is 1. The van der Waals surface area contributed by atoms with Gasteiger partial charge in [0.15, 0.2) is 10.6 Å². The van der Waals surface area contributed by atoms with Gasteiger partial charge in [-0.25, -0.2) is 0 Å². The van der Waals surface area contributed by atoms with Gasteiger partial charge in [0, 0.05) is 31.9 Å². The Balaban J connectivity index is 0.00000392. The zero-order valence-corrected chi connectivity index (χ0v) is 18.1. The first-order valence-corrected chi connectivity index (χ1v) is 10.9. The van der Waals surface area contributed by atoms with E-state index >= 15 is 0 Å². The molecule has 0 aliphatic heterocycles. The number of aliphatic hydroxyl groups is 1. The fraction of sp³-hybridized carbons (Fsp3) is 0.429. The monoisotopic (exact) mass is 426 g/mol. The zero-order valence-electron chi connectivity index (χ0n) is 16.5. The van der Waals surface area contributed by atoms with Crippen molar-refractivity contribution in [2.45, 2.75) is 30.3 Å². The minimum Gasteiger partial charge on any atom is -0.612 e. The first-order chi connectivity index (χ1) is 13.0. The maximum atomic E-state index is 11.6. The molecule has 0 radical (unpaired) electrons. The lowest BCUT2D eigenvalue weighted by atomic mass is 10.1. The van der Waals surface area contributed by atoms with Crippen molar-refractivity contribution in [3.8, 4) is 5.75 Å². The molecule has 156 valence electrons. The van der Waals surface area contributed by atoms with Crippen molar-refractivity contribution in [1.82, 2.24) is 5.32 Å². The average molecular weight is 427 g/mol. The SMILES string of the molecule is CN(CCCCCNCC(O)c1ccc(O)c([S+](C)[O-])c1)c1ccccc1.Cl. The number of phenols is 1. The molecule has 0 spiro atoms. The first kappa shape index (κ1) is 24.6. The summed E-state index contributed by atoms with van der Waals surface area (Å²) in [5, 5.41) is 23.2. The fourth-order valence-electron chi connectivity index (χ4n) is 2.91. The molecule has 0 aromatic heterocycles. The van der Waals surface area contributed by atoms with Gasteiger partial charge in [-0.1, -0.05) is 30.7 Å². The number of phenolic OH excluding ortho intramolecular Hbond substituents is 1. The summed E-state index contributed by atoms with van der Waals surface area (Å²) in [6.45, 7) is 2.30. The van der Waals surface area contributed by atoms with Gasteiger partial charge in [-0.2, -0.15) is 0 Å². The second-order valence-electron chi connectivity index (χ2n) is 6.72. The molecule has 0 saturated carbocycles. The number of unbranched alkanes of at least 4 members (excludes halogenated alkanes) is 2. The summed E-state index contributed by atoms with van der Waals surface area (Å²) in [6.07, 6.45) is 4.13. The molecular formula is C21H31ClN2O3S. The van der Waals surface area contributed by atoms with Crippen LogP contribution < -0.4 is 10.2 Å². The Morgan fingerprint density at radius 3 is 2.50 bits per heavy atom. The summed E-state index contributed by atoms with van der Waals surface area (Å²) in [5.74, 6) is 0.000197. The Morgan fingerprint density at radius 1 is 1.11 bits per heavy atom. The molecular weight excluding hydrogens is 396 g/mol. The molecule has 3 N–H and O–H groups in total. The van der Waals surface area contributed by atoms with Crippen LogP contribution in [0.15, 0.2) is 53.4 Å². The highest BCUT2D eigenvalue weighted by molar-refractivity contribution is 7.90. The number of nitrogens with one attached hydrogen (secondary N) is 1. The lowest BCUT2D eigenvalue weighted by Gasteiger charge is -2.19. The van der Waals surface area contributed by atoms with E-state index in [1.165, 1.54) is 18.0 Å². The number of rotatable bonds is 11. The van der Waals surface area contributed by atoms with Crippen LogP contribution >= 0.6 is 12.4 Å². The number of nitrogens with zero attached hydrogens (tertiary/aromatic N) is 1. The van der Waals surface area contributed by atoms with Crippen LogP contribution in [0.1, 0.15) is 30.9 Å². The Bertz CT molecular complexity index is 689. The van der Waals surface area contributed by atoms with E-state index in [4.69, 9.17) is 0 Å². The Kier molecular flexibility index (Phi) is 11.3. The quantitative estimate of drug-likeness (QED) is 0.378. The summed E-state index contributed by atoms with van der Waals surface area (Å²) in [7, 11) is 2.11. The Morgan fingerprint density at radius 2 is 1.82 bits per heavy atom. The van der Waals surface area contributed by atoms with E-state index in [-0.39, 0.29) is 18.2 Å². The van der Waals surface area contributed by atoms with Crippen molar-refractivity contribution in [2.75, 3.05) is 37.8 Å². The maximum Gasteiger partial charge on any atom is 0.194 e. The van der Waals surface area contributed by atoms with Gasteiger partial charge >= 0.3 is 0 Å². The first-order valence-electron chi connectivity index (χ1n) is 9.30. The van der Waals surface area contributed by atoms with Crippen molar-refractivity contribution in [3.05, 3.63) is 54.1 Å². The zero-order chi connectivity index (χ0) is 19.6. The molecule has 2 unspecified atom stereocenters. The summed E-state index contributed by atoms with van der Waals surface area (Å²) < 4.78 is 11.6. The minimum absolute atomic E-state index is 0. The van der Waals surface area contributed by atoms with Gasteiger partial charge in [-0.15, -0.1) is 12.4 Å². The molecule has 5 nitrogen and oxygen atoms in total. The van der Waals surface area contributed by atoms with Crippen molar-refractivity contribution in [3.63, 3.8) is 0 Å². The number of aromatic hydroxyl groups is 1. The molecule has 28 heavy (non-hydrogen) atoms. The predicted molar refractivity (Wildman–Crippen MR) is 119 cm³/mol. The lowest BCUT2D eigenvalue weighted by Crippen LogP contribution is -2.23. The van der Waals surface area contributed by atoms with E-state index in [0.29, 0.717) is 17.0 Å². The van der Waals surface area contributed by atoms with Gasteiger partial charge in [-0.05, 0) is 54.3 Å². The van der Waals surface area contributed by atoms with Crippen LogP contribution in [-0.2, 0) is 11.2 Å². The summed E-state index contributed by atoms with van der Waals surface area (Å²) in [4.78, 5) is 2.62. The second-order valence-corrected chi connectivity index (χ2v) is 8.07. The van der Waals surface area contributed by atoms with Crippen molar-refractivity contribution < 1.29 is 14.8 Å². The summed E-state index contributed by atoms with van der Waals surface area (Å²) in [5.41, 5.74) is 1.90. The van der Waals surface area contributed by atoms with Crippen LogP contribution in [0.3, 0.4) is 0 Å². The van der Waals surface area contributed by atoms with Gasteiger partial charge in [0.05, 0.1) is 6.10 Å². The molecule has 2 aromatic carbocycles. The van der Waals surface area contributed by atoms with Crippen LogP contribution in [0.5, 0.6) is 5.75 Å². The molecule has 0 aliphatic carbocycles. The minimum atomic E-state index is -1.28. The normalized spacial score (nSPS) is 12.9. The third-order valence-corrected chi connectivity index (χ3v) is 5.51. The predicted octanol–water partition coefficient (Wildman–Crippen LogP) is 3.48. The van der Waals surface area contributed by atoms with Gasteiger partial charge in [-0.3, -0.25) is 0 Å².